The van der Waals surface area contributed by atoms with Crippen LogP contribution < -0.4 is 55.6 Å². The lowest BCUT2D eigenvalue weighted by Crippen LogP contribution is -2.15. The molecule has 0 aromatic heterocycles. The van der Waals surface area contributed by atoms with Crippen molar-refractivity contribution in [2.75, 3.05) is 39.2 Å². The van der Waals surface area contributed by atoms with Gasteiger partial charge in [-0.25, -0.2) is 0 Å². The molecule has 0 spiro atoms. The Balaban J connectivity index is 0.775. The maximum atomic E-state index is 6.39. The number of hydrogen-bond donors (Lipinski definition) is 0. The summed E-state index contributed by atoms with van der Waals surface area (Å²) in [5, 5.41) is 0. The molecule has 0 saturated heterocycles. The Labute approximate surface area is 806 Å². The molecule has 0 unspecified atom stereocenters. The Morgan fingerprint density at radius 1 is 0.133 bits per heavy atom. The lowest BCUT2D eigenvalue weighted by molar-refractivity contribution is 0.795. The summed E-state index contributed by atoms with van der Waals surface area (Å²) in [6, 6.07) is 151. The zero-order valence-corrected chi connectivity index (χ0v) is 79.2. The van der Waals surface area contributed by atoms with E-state index in [1.807, 2.05) is 36.4 Å². The minimum Gasteiger partial charge on any atom is -0.311 e. The van der Waals surface area contributed by atoms with Crippen LogP contribution >= 0.6 is 0 Å². The Bertz CT molecular complexity index is 6200. The van der Waals surface area contributed by atoms with Crippen molar-refractivity contribution in [3.63, 3.8) is 0 Å². The Hall–Kier alpha value is -14.7. The zero-order valence-electron chi connectivity index (χ0n) is 79.2. The molecule has 6 radical (unpaired) electrons. The van der Waals surface area contributed by atoms with Gasteiger partial charge < -0.3 is 39.2 Å². The van der Waals surface area contributed by atoms with Crippen molar-refractivity contribution >= 4 is 176 Å². The van der Waals surface area contributed by atoms with Gasteiger partial charge in [0.25, 0.3) is 0 Å². The number of anilines is 24. The summed E-state index contributed by atoms with van der Waals surface area (Å²) in [5.41, 5.74) is 35.9. The molecule has 0 amide bonds. The van der Waals surface area contributed by atoms with Crippen molar-refractivity contribution in [3.05, 3.63) is 451 Å². The Morgan fingerprint density at radius 2 is 0.222 bits per heavy atom. The van der Waals surface area contributed by atoms with Gasteiger partial charge in [-0.2, -0.15) is 0 Å². The molecule has 11 heteroatoms. The number of hydrogen-bond acceptors (Lipinski definition) is 8. The second-order valence-corrected chi connectivity index (χ2v) is 35.6. The number of benzene rings is 17. The van der Waals surface area contributed by atoms with E-state index in [-0.39, 0.29) is 0 Å². The topological polar surface area (TPSA) is 25.9 Å². The molecule has 8 nitrogen and oxygen atoms in total. The molecule has 0 N–H and O–H groups in total. The van der Waals surface area contributed by atoms with Gasteiger partial charge in [-0.3, -0.25) is 0 Å². The molecule has 17 aromatic rings. The lowest BCUT2D eigenvalue weighted by Gasteiger charge is -2.31. The third-order valence-electron chi connectivity index (χ3n) is 25.7. The average Bonchev–Trinajstić information content (AvgIpc) is 0.758. The highest BCUT2D eigenvalue weighted by molar-refractivity contribution is 6.33. The molecule has 0 heterocycles. The molecular formula is C124H119B3N8. The molecule has 0 bridgehead atoms. The fraction of sp³-hybridized carbons (Fsp3) is 0.177. The van der Waals surface area contributed by atoms with E-state index in [9.17, 15) is 0 Å². The molecule has 0 saturated carbocycles. The number of rotatable bonds is 39. The van der Waals surface area contributed by atoms with Crippen LogP contribution in [0.25, 0.3) is 0 Å². The molecular weight excluding hydrogens is 1630 g/mol. The fourth-order valence-electron chi connectivity index (χ4n) is 18.1. The molecule has 17 aromatic carbocycles. The first-order valence-corrected chi connectivity index (χ1v) is 48.5. The zero-order chi connectivity index (χ0) is 92.9. The average molecular weight is 1750 g/mol. The molecule has 17 rings (SSSR count). The number of unbranched alkanes of at least 4 members (excludes halogenated alkanes) is 5. The van der Waals surface area contributed by atoms with E-state index in [0.717, 1.165) is 207 Å². The molecule has 0 aliphatic rings. The second-order valence-electron chi connectivity index (χ2n) is 35.6. The summed E-state index contributed by atoms with van der Waals surface area (Å²) in [7, 11) is 19.1. The normalized spacial score (nSPS) is 11.2. The highest BCUT2D eigenvalue weighted by atomic mass is 15.2. The van der Waals surface area contributed by atoms with E-state index in [4.69, 9.17) is 23.5 Å². The van der Waals surface area contributed by atoms with Crippen molar-refractivity contribution < 1.29 is 0 Å². The van der Waals surface area contributed by atoms with Gasteiger partial charge in [0.05, 0.1) is 0 Å². The molecule has 0 atom stereocenters. The second kappa shape index (κ2) is 44.2. The summed E-state index contributed by atoms with van der Waals surface area (Å²) in [4.78, 5) is 18.8. The minimum atomic E-state index is 0.691. The Kier molecular flexibility index (Phi) is 30.2. The predicted octanol–water partition coefficient (Wildman–Crippen LogP) is 33.2. The van der Waals surface area contributed by atoms with E-state index in [0.29, 0.717) is 16.4 Å². The Morgan fingerprint density at radius 3 is 0.326 bits per heavy atom. The first-order valence-electron chi connectivity index (χ1n) is 48.5. The largest absolute Gasteiger partial charge is 0.311 e. The van der Waals surface area contributed by atoms with Crippen molar-refractivity contribution in [3.8, 4) is 0 Å². The third kappa shape index (κ3) is 22.3. The van der Waals surface area contributed by atoms with Crippen LogP contribution in [0.2, 0.25) is 0 Å². The van der Waals surface area contributed by atoms with Crippen LogP contribution in [-0.2, 0) is 32.1 Å². The van der Waals surface area contributed by atoms with Gasteiger partial charge in [-0.05, 0) is 397 Å². The van der Waals surface area contributed by atoms with E-state index in [1.54, 1.807) is 0 Å². The summed E-state index contributed by atoms with van der Waals surface area (Å²) in [6.45, 7) is 15.6. The molecule has 664 valence electrons. The lowest BCUT2D eigenvalue weighted by atomic mass is 9.95. The highest BCUT2D eigenvalue weighted by Crippen LogP contribution is 2.48. The van der Waals surface area contributed by atoms with Crippen LogP contribution in [0.1, 0.15) is 138 Å². The van der Waals surface area contributed by atoms with Crippen LogP contribution in [0.4, 0.5) is 136 Å². The maximum absolute atomic E-state index is 6.39. The summed E-state index contributed by atoms with van der Waals surface area (Å²) in [5.74, 6) is 0. The predicted molar refractivity (Wildman–Crippen MR) is 583 cm³/mol. The van der Waals surface area contributed by atoms with E-state index in [1.165, 1.54) is 64.6 Å². The van der Waals surface area contributed by atoms with Gasteiger partial charge in [0.1, 0.15) is 23.5 Å². The summed E-state index contributed by atoms with van der Waals surface area (Å²) >= 11 is 0. The van der Waals surface area contributed by atoms with Gasteiger partial charge in [0.15, 0.2) is 0 Å². The van der Waals surface area contributed by atoms with Crippen molar-refractivity contribution in [2.45, 2.75) is 145 Å². The van der Waals surface area contributed by atoms with E-state index in [2.05, 4.69) is 464 Å². The first kappa shape index (κ1) is 92.2. The minimum absolute atomic E-state index is 0.691. The van der Waals surface area contributed by atoms with E-state index < -0.39 is 0 Å². The van der Waals surface area contributed by atoms with Crippen molar-refractivity contribution in [1.29, 1.82) is 0 Å². The fourth-order valence-corrected chi connectivity index (χ4v) is 18.1. The van der Waals surface area contributed by atoms with Gasteiger partial charge in [0.2, 0.25) is 0 Å². The number of aryl methyl sites for hydroxylation is 7. The van der Waals surface area contributed by atoms with Crippen LogP contribution in [0, 0.1) is 13.8 Å². The van der Waals surface area contributed by atoms with Crippen LogP contribution in [0.3, 0.4) is 0 Å². The highest BCUT2D eigenvalue weighted by Gasteiger charge is 2.25. The monoisotopic (exact) mass is 1750 g/mol. The third-order valence-corrected chi connectivity index (χ3v) is 25.7. The van der Waals surface area contributed by atoms with Crippen LogP contribution in [0.5, 0.6) is 0 Å². The maximum Gasteiger partial charge on any atom is 0.113 e. The quantitative estimate of drug-likeness (QED) is 0.0352. The van der Waals surface area contributed by atoms with E-state index >= 15 is 0 Å². The SMILES string of the molecule is [B]c1ccc(N(c2ccc([B])cc2)c2ccc(N(c3ccc(N(c4ccc([B])cc4)c4ccc(CCCC)cc4)cc3)c3ccc(N(c4ccc(N(c5ccc(C)cc5)c5ccc(N(c6ccc(CCCC)cc6)c6ccc(CCCC)cc6)cc5)cc4)c4ccc(N(c5ccc(C)cc5)c5ccc(N(c6ccc(CCCC)cc6)c6ccc(CCCC)cc6)cc5)cc4)cc3)cc2)cc1. The van der Waals surface area contributed by atoms with Crippen LogP contribution in [-0.4, -0.2) is 23.5 Å². The van der Waals surface area contributed by atoms with Crippen LogP contribution in [0.15, 0.2) is 413 Å². The number of nitrogens with zero attached hydrogens (tertiary/aromatic N) is 8. The van der Waals surface area contributed by atoms with Gasteiger partial charge >= 0.3 is 0 Å². The van der Waals surface area contributed by atoms with Crippen molar-refractivity contribution in [1.82, 2.24) is 0 Å². The standard InChI is InChI=1S/C124H119B3N8/c1-8-13-18-93-27-47-103(48-28-93)130(104-49-29-94(30-50-104)19-14-9-2)115-71-63-111(64-72-115)128(101-43-23-91(6)24-44-101)113-67-79-119(80-68-113)134(120-81-69-114(70-82-120)129(102-45-25-92(7)26-46-102)112-65-73-116(74-66-112)131(105-51-31-95(32-52-105)20-15-10-3)106-53-33-96(34-54-106)21-16-11-4)123-87-89-124(90-88-123)135(122-85-77-118(78-86-122)133(109-59-39-99(126)40-60-109)110-61-41-100(127)42-62-110)121-83-75-117(76-84-121)132(108-57-37-98(125)38-58-108)107-55-35-97(36-56-107)22-17-12-5/h23-90H,8-22H2,1-7H3. The molecule has 0 aliphatic heterocycles. The molecule has 0 aliphatic carbocycles. The van der Waals surface area contributed by atoms with Gasteiger partial charge in [-0.1, -0.05) is 216 Å². The van der Waals surface area contributed by atoms with Gasteiger partial charge in [0, 0.05) is 136 Å². The molecule has 135 heavy (non-hydrogen) atoms. The smallest absolute Gasteiger partial charge is 0.113 e. The summed E-state index contributed by atoms with van der Waals surface area (Å²) in [6.07, 6.45) is 16.9. The van der Waals surface area contributed by atoms with Gasteiger partial charge in [-0.15, -0.1) is 0 Å². The summed E-state index contributed by atoms with van der Waals surface area (Å²) < 4.78 is 0. The molecule has 0 fully saturated rings. The van der Waals surface area contributed by atoms with Crippen molar-refractivity contribution in [2.24, 2.45) is 0 Å². The first-order chi connectivity index (χ1) is 66.2.